The number of Topliss-reactive ketones (excluding diaryl/α,β-unsaturated/α-hetero) is 1. The molecule has 0 aliphatic carbocycles. The summed E-state index contributed by atoms with van der Waals surface area (Å²) in [5.74, 6) is -4.41. The number of hydrogen-bond acceptors (Lipinski definition) is 9. The number of carbonyl (C=O) groups excluding carboxylic acids is 2. The summed E-state index contributed by atoms with van der Waals surface area (Å²) in [7, 11) is 0. The lowest BCUT2D eigenvalue weighted by Crippen LogP contribution is -2.58. The van der Waals surface area contributed by atoms with E-state index in [1.807, 2.05) is 13.8 Å². The molecular formula is C18H33NO8. The van der Waals surface area contributed by atoms with Crippen molar-refractivity contribution >= 4 is 11.8 Å². The summed E-state index contributed by atoms with van der Waals surface area (Å²) >= 11 is 0. The van der Waals surface area contributed by atoms with E-state index in [0.29, 0.717) is 6.42 Å². The number of esters is 1. The lowest BCUT2D eigenvalue weighted by molar-refractivity contribution is -0.285. The van der Waals surface area contributed by atoms with Crippen LogP contribution in [0, 0.1) is 11.8 Å². The van der Waals surface area contributed by atoms with Gasteiger partial charge in [0.25, 0.3) is 0 Å². The SMILES string of the molecule is CC[C@@H](C)[C@@H](N)C(=O)OC[C@@H](O)CC1OC(O)(C(C)=O)CC(O)C1C(C)O. The van der Waals surface area contributed by atoms with E-state index in [9.17, 15) is 30.0 Å². The van der Waals surface area contributed by atoms with Gasteiger partial charge in [-0.1, -0.05) is 20.3 Å². The van der Waals surface area contributed by atoms with E-state index in [-0.39, 0.29) is 25.4 Å². The molecule has 1 heterocycles. The van der Waals surface area contributed by atoms with Crippen LogP contribution in [0.4, 0.5) is 0 Å². The monoisotopic (exact) mass is 391 g/mol. The highest BCUT2D eigenvalue weighted by Crippen LogP contribution is 2.36. The molecule has 0 spiro atoms. The molecule has 0 radical (unpaired) electrons. The van der Waals surface area contributed by atoms with Gasteiger partial charge in [-0.3, -0.25) is 9.59 Å². The first kappa shape index (κ1) is 23.9. The van der Waals surface area contributed by atoms with Crippen molar-refractivity contribution in [1.82, 2.24) is 0 Å². The molecule has 1 fully saturated rings. The minimum Gasteiger partial charge on any atom is -0.462 e. The van der Waals surface area contributed by atoms with Gasteiger partial charge in [-0.2, -0.15) is 0 Å². The van der Waals surface area contributed by atoms with E-state index in [0.717, 1.165) is 6.92 Å². The number of ether oxygens (including phenoxy) is 2. The van der Waals surface area contributed by atoms with Gasteiger partial charge in [-0.05, 0) is 12.8 Å². The summed E-state index contributed by atoms with van der Waals surface area (Å²) < 4.78 is 10.4. The Labute approximate surface area is 159 Å². The quantitative estimate of drug-likeness (QED) is 0.313. The average Bonchev–Trinajstić information content (AvgIpc) is 2.57. The Balaban J connectivity index is 2.74. The van der Waals surface area contributed by atoms with Crippen LogP contribution in [0.5, 0.6) is 0 Å². The highest BCUT2D eigenvalue weighted by atomic mass is 16.6. The number of hydrogen-bond donors (Lipinski definition) is 5. The van der Waals surface area contributed by atoms with Crippen molar-refractivity contribution in [1.29, 1.82) is 0 Å². The van der Waals surface area contributed by atoms with Crippen molar-refractivity contribution in [3.63, 3.8) is 0 Å². The van der Waals surface area contributed by atoms with Crippen LogP contribution >= 0.6 is 0 Å². The second-order valence-electron chi connectivity index (χ2n) is 7.52. The Bertz CT molecular complexity index is 514. The first-order valence-corrected chi connectivity index (χ1v) is 9.30. The smallest absolute Gasteiger partial charge is 0.323 e. The summed E-state index contributed by atoms with van der Waals surface area (Å²) in [6.07, 6.45) is -4.24. The average molecular weight is 391 g/mol. The van der Waals surface area contributed by atoms with E-state index in [2.05, 4.69) is 0 Å². The van der Waals surface area contributed by atoms with Gasteiger partial charge in [0.1, 0.15) is 12.6 Å². The van der Waals surface area contributed by atoms with Crippen LogP contribution in [0.1, 0.15) is 47.0 Å². The van der Waals surface area contributed by atoms with Crippen LogP contribution in [-0.2, 0) is 19.1 Å². The molecule has 5 unspecified atom stereocenters. The van der Waals surface area contributed by atoms with E-state index in [1.165, 1.54) is 6.92 Å². The van der Waals surface area contributed by atoms with Crippen LogP contribution in [0.15, 0.2) is 0 Å². The van der Waals surface area contributed by atoms with Crippen molar-refractivity contribution in [2.75, 3.05) is 6.61 Å². The Hall–Kier alpha value is -1.10. The normalized spacial score (nSPS) is 33.0. The molecule has 6 N–H and O–H groups in total. The van der Waals surface area contributed by atoms with Crippen molar-refractivity contribution in [3.8, 4) is 0 Å². The Morgan fingerprint density at radius 2 is 1.93 bits per heavy atom. The predicted octanol–water partition coefficient (Wildman–Crippen LogP) is -0.922. The van der Waals surface area contributed by atoms with E-state index >= 15 is 0 Å². The summed E-state index contributed by atoms with van der Waals surface area (Å²) in [6.45, 7) is 5.92. The van der Waals surface area contributed by atoms with Crippen LogP contribution < -0.4 is 5.73 Å². The zero-order chi connectivity index (χ0) is 20.9. The zero-order valence-electron chi connectivity index (χ0n) is 16.4. The number of ketones is 1. The number of rotatable bonds is 9. The maximum absolute atomic E-state index is 11.9. The second kappa shape index (κ2) is 9.90. The van der Waals surface area contributed by atoms with Crippen molar-refractivity contribution in [3.05, 3.63) is 0 Å². The maximum atomic E-state index is 11.9. The third-order valence-electron chi connectivity index (χ3n) is 5.26. The molecule has 8 atom stereocenters. The summed E-state index contributed by atoms with van der Waals surface area (Å²) in [6, 6.07) is -0.803. The molecule has 1 rings (SSSR count). The Morgan fingerprint density at radius 3 is 2.41 bits per heavy atom. The molecule has 9 heteroatoms. The van der Waals surface area contributed by atoms with Crippen molar-refractivity contribution in [2.24, 2.45) is 17.6 Å². The van der Waals surface area contributed by atoms with Gasteiger partial charge >= 0.3 is 5.97 Å². The minimum atomic E-state index is -2.19. The molecular weight excluding hydrogens is 358 g/mol. The molecule has 0 saturated carbocycles. The van der Waals surface area contributed by atoms with Gasteiger partial charge in [-0.25, -0.2) is 0 Å². The molecule has 0 aromatic carbocycles. The molecule has 1 aliphatic rings. The maximum Gasteiger partial charge on any atom is 0.323 e. The fourth-order valence-corrected chi connectivity index (χ4v) is 3.21. The topological polar surface area (TPSA) is 160 Å². The van der Waals surface area contributed by atoms with Gasteiger partial charge in [0.15, 0.2) is 5.78 Å². The zero-order valence-corrected chi connectivity index (χ0v) is 16.4. The number of aliphatic hydroxyl groups excluding tert-OH is 3. The first-order valence-electron chi connectivity index (χ1n) is 9.30. The highest BCUT2D eigenvalue weighted by molar-refractivity contribution is 5.83. The Morgan fingerprint density at radius 1 is 1.33 bits per heavy atom. The summed E-state index contributed by atoms with van der Waals surface area (Å²) in [4.78, 5) is 23.6. The number of nitrogens with two attached hydrogens (primary N) is 1. The third-order valence-corrected chi connectivity index (χ3v) is 5.26. The third kappa shape index (κ3) is 6.20. The largest absolute Gasteiger partial charge is 0.462 e. The lowest BCUT2D eigenvalue weighted by Gasteiger charge is -2.44. The number of aliphatic hydroxyl groups is 4. The lowest BCUT2D eigenvalue weighted by atomic mass is 9.81. The van der Waals surface area contributed by atoms with Gasteiger partial charge in [0, 0.05) is 25.7 Å². The standard InChI is InChI=1S/C18H33NO8/c1-5-9(2)16(19)17(24)26-8-12(22)6-14-15(10(3)20)13(23)7-18(25,27-14)11(4)21/h9-10,12-16,20,22-23,25H,5-8,19H2,1-4H3/t9-,10?,12+,13?,14?,15?,16-,18?/m1/s1. The van der Waals surface area contributed by atoms with Crippen LogP contribution in [0.25, 0.3) is 0 Å². The Kier molecular flexibility index (Phi) is 8.78. The fraction of sp³-hybridized carbons (Fsp3) is 0.889. The molecule has 0 amide bonds. The van der Waals surface area contributed by atoms with Crippen molar-refractivity contribution in [2.45, 2.75) is 83.2 Å². The fourth-order valence-electron chi connectivity index (χ4n) is 3.21. The first-order chi connectivity index (χ1) is 12.4. The molecule has 9 nitrogen and oxygen atoms in total. The van der Waals surface area contributed by atoms with Gasteiger partial charge in [-0.15, -0.1) is 0 Å². The molecule has 0 aromatic rings. The molecule has 0 bridgehead atoms. The van der Waals surface area contributed by atoms with Crippen LogP contribution in [0.2, 0.25) is 0 Å². The van der Waals surface area contributed by atoms with Crippen LogP contribution in [0.3, 0.4) is 0 Å². The van der Waals surface area contributed by atoms with Gasteiger partial charge < -0.3 is 35.6 Å². The molecule has 1 aliphatic heterocycles. The number of carbonyl (C=O) groups is 2. The minimum absolute atomic E-state index is 0.0725. The second-order valence-corrected chi connectivity index (χ2v) is 7.52. The highest BCUT2D eigenvalue weighted by Gasteiger charge is 2.50. The molecule has 0 aromatic heterocycles. The van der Waals surface area contributed by atoms with Crippen LogP contribution in [-0.4, -0.2) is 75.0 Å². The summed E-state index contributed by atoms with van der Waals surface area (Å²) in [5, 5.41) is 40.7. The summed E-state index contributed by atoms with van der Waals surface area (Å²) in [5.41, 5.74) is 5.77. The molecule has 158 valence electrons. The molecule has 27 heavy (non-hydrogen) atoms. The predicted molar refractivity (Wildman–Crippen MR) is 95.3 cm³/mol. The molecule has 1 saturated heterocycles. The van der Waals surface area contributed by atoms with E-state index in [1.54, 1.807) is 0 Å². The van der Waals surface area contributed by atoms with Gasteiger partial charge in [0.05, 0.1) is 24.4 Å². The van der Waals surface area contributed by atoms with E-state index < -0.39 is 53.9 Å². The van der Waals surface area contributed by atoms with Gasteiger partial charge in [0.2, 0.25) is 5.79 Å². The van der Waals surface area contributed by atoms with Crippen molar-refractivity contribution < 1.29 is 39.5 Å². The van der Waals surface area contributed by atoms with E-state index in [4.69, 9.17) is 15.2 Å².